The molecule has 2 N–H and O–H groups in total. The molecule has 0 bridgehead atoms. The van der Waals surface area contributed by atoms with Crippen molar-refractivity contribution >= 4 is 46.9 Å². The first kappa shape index (κ1) is 40.5. The van der Waals surface area contributed by atoms with Crippen LogP contribution < -0.4 is 10.5 Å². The third-order valence-corrected chi connectivity index (χ3v) is 12.3. The number of hydrogen-bond acceptors (Lipinski definition) is 6. The number of rotatable bonds is 9. The van der Waals surface area contributed by atoms with Crippen LogP contribution in [-0.2, 0) is 26.1 Å². The van der Waals surface area contributed by atoms with E-state index in [1.165, 1.54) is 0 Å². The van der Waals surface area contributed by atoms with Crippen LogP contribution in [0.1, 0.15) is 83.1 Å². The van der Waals surface area contributed by atoms with Crippen molar-refractivity contribution in [3.63, 3.8) is 0 Å². The van der Waals surface area contributed by atoms with Gasteiger partial charge in [0, 0.05) is 55.7 Å². The molecule has 2 atom stereocenters. The number of primary amides is 1. The largest absolute Gasteiger partial charge is 0.493 e. The van der Waals surface area contributed by atoms with Crippen LogP contribution in [0.15, 0.2) is 71.7 Å². The number of aliphatic imine (C=N–C) groups is 1. The molecule has 2 saturated heterocycles. The minimum absolute atomic E-state index is 0.0717. The van der Waals surface area contributed by atoms with Gasteiger partial charge in [0.15, 0.2) is 0 Å². The van der Waals surface area contributed by atoms with Crippen molar-refractivity contribution in [2.75, 3.05) is 52.4 Å². The lowest BCUT2D eigenvalue weighted by atomic mass is 9.71. The monoisotopic (exact) mass is 788 g/mol. The van der Waals surface area contributed by atoms with Crippen LogP contribution >= 0.6 is 23.2 Å². The molecule has 0 spiro atoms. The topological polar surface area (TPSA) is 112 Å². The third kappa shape index (κ3) is 8.23. The zero-order valence-electron chi connectivity index (χ0n) is 32.9. The maximum absolute atomic E-state index is 15.3. The highest BCUT2D eigenvalue weighted by atomic mass is 35.5. The second kappa shape index (κ2) is 16.2. The zero-order chi connectivity index (χ0) is 39.7. The van der Waals surface area contributed by atoms with Gasteiger partial charge in [0.05, 0.1) is 18.7 Å². The van der Waals surface area contributed by atoms with Crippen LogP contribution in [0, 0.1) is 5.92 Å². The van der Waals surface area contributed by atoms with Gasteiger partial charge in [-0.05, 0) is 98.0 Å². The Hall–Kier alpha value is -4.12. The fourth-order valence-corrected chi connectivity index (χ4v) is 8.47. The van der Waals surface area contributed by atoms with E-state index in [-0.39, 0.29) is 35.7 Å². The predicted octanol–water partition coefficient (Wildman–Crippen LogP) is 7.43. The lowest BCUT2D eigenvalue weighted by Gasteiger charge is -2.47. The number of urea groups is 1. The van der Waals surface area contributed by atoms with E-state index in [4.69, 9.17) is 38.7 Å². The van der Waals surface area contributed by atoms with E-state index in [1.807, 2.05) is 76.2 Å². The Bertz CT molecular complexity index is 1910. The predicted molar refractivity (Wildman–Crippen MR) is 219 cm³/mol. The van der Waals surface area contributed by atoms with E-state index in [0.29, 0.717) is 73.9 Å². The summed E-state index contributed by atoms with van der Waals surface area (Å²) in [7, 11) is 0. The smallest absolute Gasteiger partial charge is 0.326 e. The number of piperazine rings is 1. The van der Waals surface area contributed by atoms with Gasteiger partial charge in [0.25, 0.3) is 0 Å². The Morgan fingerprint density at radius 2 is 1.42 bits per heavy atom. The van der Waals surface area contributed by atoms with E-state index >= 15 is 4.79 Å². The third-order valence-electron chi connectivity index (χ3n) is 11.8. The van der Waals surface area contributed by atoms with Gasteiger partial charge in [-0.25, -0.2) is 4.79 Å². The van der Waals surface area contributed by atoms with E-state index in [1.54, 1.807) is 0 Å². The molecule has 4 amide bonds. The molecule has 3 heterocycles. The van der Waals surface area contributed by atoms with Crippen LogP contribution in [-0.4, -0.2) is 95.7 Å². The Labute approximate surface area is 335 Å². The average molecular weight is 790 g/mol. The molecule has 0 aromatic heterocycles. The van der Waals surface area contributed by atoms with Crippen LogP contribution in [0.3, 0.4) is 0 Å². The molecule has 10 nitrogen and oxygen atoms in total. The van der Waals surface area contributed by atoms with Crippen molar-refractivity contribution in [2.45, 2.75) is 77.3 Å². The fourth-order valence-electron chi connectivity index (χ4n) is 8.22. The minimum atomic E-state index is -1.03. The first-order valence-corrected chi connectivity index (χ1v) is 20.1. The molecular weight excluding hydrogens is 735 g/mol. The summed E-state index contributed by atoms with van der Waals surface area (Å²) in [6.45, 7) is 16.5. The lowest BCUT2D eigenvalue weighted by molar-refractivity contribution is -0.134. The van der Waals surface area contributed by atoms with Gasteiger partial charge in [-0.1, -0.05) is 74.3 Å². The maximum atomic E-state index is 15.3. The van der Waals surface area contributed by atoms with E-state index in [9.17, 15) is 9.59 Å². The van der Waals surface area contributed by atoms with Gasteiger partial charge < -0.3 is 20.3 Å². The Kier molecular flexibility index (Phi) is 11.9. The van der Waals surface area contributed by atoms with Gasteiger partial charge in [0.2, 0.25) is 11.8 Å². The molecule has 12 heteroatoms. The number of likely N-dealkylation sites (tertiary alicyclic amines) is 1. The summed E-state index contributed by atoms with van der Waals surface area (Å²) in [6, 6.07) is 21.3. The average Bonchev–Trinajstić information content (AvgIpc) is 3.39. The van der Waals surface area contributed by atoms with Crippen molar-refractivity contribution in [2.24, 2.45) is 16.6 Å². The Morgan fingerprint density at radius 3 is 1.96 bits per heavy atom. The summed E-state index contributed by atoms with van der Waals surface area (Å²) < 4.78 is 6.33. The van der Waals surface area contributed by atoms with Crippen LogP contribution in [0.25, 0.3) is 0 Å². The number of benzene rings is 3. The quantitative estimate of drug-likeness (QED) is 0.243. The summed E-state index contributed by atoms with van der Waals surface area (Å²) in [6.07, 6.45) is 1.93. The molecule has 2 fully saturated rings. The number of hydrogen-bond donors (Lipinski definition) is 1. The molecule has 0 saturated carbocycles. The van der Waals surface area contributed by atoms with E-state index < -0.39 is 11.1 Å². The summed E-state index contributed by atoms with van der Waals surface area (Å²) in [5.41, 5.74) is 6.88. The maximum Gasteiger partial charge on any atom is 0.326 e. The second-order valence-corrected chi connectivity index (χ2v) is 17.2. The van der Waals surface area contributed by atoms with Crippen molar-refractivity contribution in [1.82, 2.24) is 19.6 Å². The summed E-state index contributed by atoms with van der Waals surface area (Å²) in [5.74, 6) is 1.19. The summed E-state index contributed by atoms with van der Waals surface area (Å²) >= 11 is 12.9. The number of carbonyl (C=O) groups is 3. The molecule has 294 valence electrons. The number of carbonyl (C=O) groups excluding carboxylic acids is 3. The first-order chi connectivity index (χ1) is 26.0. The Morgan fingerprint density at radius 1 is 0.836 bits per heavy atom. The van der Waals surface area contributed by atoms with E-state index in [2.05, 4.69) is 51.7 Å². The highest BCUT2D eigenvalue weighted by molar-refractivity contribution is 6.30. The van der Waals surface area contributed by atoms with Crippen LogP contribution in [0.4, 0.5) is 4.79 Å². The van der Waals surface area contributed by atoms with Crippen LogP contribution in [0.5, 0.6) is 5.75 Å². The molecule has 3 aliphatic rings. The van der Waals surface area contributed by atoms with Crippen molar-refractivity contribution in [1.29, 1.82) is 0 Å². The summed E-state index contributed by atoms with van der Waals surface area (Å²) in [4.78, 5) is 53.4. The van der Waals surface area contributed by atoms with Crippen molar-refractivity contribution < 1.29 is 19.1 Å². The minimum Gasteiger partial charge on any atom is -0.493 e. The Balaban J connectivity index is 1.35. The molecule has 0 unspecified atom stereocenters. The van der Waals surface area contributed by atoms with E-state index in [0.717, 1.165) is 35.1 Å². The van der Waals surface area contributed by atoms with Gasteiger partial charge >= 0.3 is 6.03 Å². The highest BCUT2D eigenvalue weighted by Gasteiger charge is 2.60. The zero-order valence-corrected chi connectivity index (χ0v) is 34.4. The number of amides is 4. The number of piperidine rings is 1. The number of nitrogens with zero attached hydrogens (tertiary/aromatic N) is 5. The number of halogens is 2. The van der Waals surface area contributed by atoms with Gasteiger partial charge in [-0.15, -0.1) is 0 Å². The van der Waals surface area contributed by atoms with Gasteiger partial charge in [0.1, 0.15) is 22.7 Å². The second-order valence-electron chi connectivity index (χ2n) is 16.4. The highest BCUT2D eigenvalue weighted by Crippen LogP contribution is 2.54. The van der Waals surface area contributed by atoms with Crippen molar-refractivity contribution in [3.8, 4) is 5.75 Å². The molecule has 0 radical (unpaired) electrons. The number of ether oxygens (including phenoxy) is 1. The molecule has 3 aliphatic heterocycles. The number of amidine groups is 1. The standard InChI is InChI=1S/C43H54Cl2N6O4/c1-7-55-36-27-32(41(2,3)4)12-17-35(36)39-47-42(5,30-8-13-33(44)14-9-30)43(6,31-10-15-34(45)16-11-31)51(39)40(54)50-24-22-48(23-25-50)28-38(53)49-20-18-29(19-21-49)26-37(46)52/h8-17,27,29H,7,18-26,28H2,1-6H3,(H2,46,52)/t42-,43+/m0/s1. The molecule has 55 heavy (non-hydrogen) atoms. The van der Waals surface area contributed by atoms with Crippen LogP contribution in [0.2, 0.25) is 10.0 Å². The SMILES string of the molecule is CCOc1cc(C(C)(C)C)ccc1C1=N[C@@](C)(c2ccc(Cl)cc2)[C@@](C)(c2ccc(Cl)cc2)N1C(=O)N1CCN(CC(=O)N2CCC(CC(N)=O)CC2)CC1. The molecule has 3 aromatic rings. The number of nitrogens with two attached hydrogens (primary N) is 1. The van der Waals surface area contributed by atoms with Crippen molar-refractivity contribution in [3.05, 3.63) is 99.0 Å². The van der Waals surface area contributed by atoms with Gasteiger partial charge in [-0.2, -0.15) is 0 Å². The fraction of sp³-hybridized carbons (Fsp3) is 0.488. The molecular formula is C43H54Cl2N6O4. The normalized spacial score (nSPS) is 22.5. The molecule has 6 rings (SSSR count). The lowest BCUT2D eigenvalue weighted by Crippen LogP contribution is -2.61. The van der Waals surface area contributed by atoms with Gasteiger partial charge in [-0.3, -0.25) is 24.4 Å². The first-order valence-electron chi connectivity index (χ1n) is 19.3. The molecule has 3 aromatic carbocycles. The molecule has 0 aliphatic carbocycles. The summed E-state index contributed by atoms with van der Waals surface area (Å²) in [5, 5.41) is 1.20.